The van der Waals surface area contributed by atoms with Crippen molar-refractivity contribution in [3.63, 3.8) is 0 Å². The van der Waals surface area contributed by atoms with Crippen LogP contribution in [0, 0.1) is 0 Å². The lowest BCUT2D eigenvalue weighted by atomic mass is 10.1. The van der Waals surface area contributed by atoms with E-state index in [1.54, 1.807) is 0 Å². The van der Waals surface area contributed by atoms with Crippen molar-refractivity contribution < 1.29 is 14.2 Å². The van der Waals surface area contributed by atoms with Gasteiger partial charge in [0.05, 0.1) is 0 Å². The van der Waals surface area contributed by atoms with Gasteiger partial charge in [0.2, 0.25) is 0 Å². The molecule has 0 aliphatic carbocycles. The van der Waals surface area contributed by atoms with Crippen LogP contribution in [0.3, 0.4) is 0 Å². The van der Waals surface area contributed by atoms with Crippen LogP contribution in [0.1, 0.15) is 156 Å². The molecule has 4 unspecified atom stereocenters. The molecule has 3 nitrogen and oxygen atoms in total. The Labute approximate surface area is 260 Å². The van der Waals surface area contributed by atoms with Gasteiger partial charge >= 0.3 is 0 Å². The molecule has 0 bridgehead atoms. The largest absolute Gasteiger partial charge is 0.353 e. The van der Waals surface area contributed by atoms with Crippen LogP contribution < -0.4 is 0 Å². The number of alkyl halides is 2. The first-order valence-electron chi connectivity index (χ1n) is 16.5. The van der Waals surface area contributed by atoms with Crippen molar-refractivity contribution in [3.8, 4) is 0 Å². The van der Waals surface area contributed by atoms with Gasteiger partial charge in [0.1, 0.15) is 0 Å². The van der Waals surface area contributed by atoms with E-state index in [2.05, 4.69) is 83.9 Å². The summed E-state index contributed by atoms with van der Waals surface area (Å²) in [6.07, 6.45) is 31.9. The molecule has 0 saturated heterocycles. The Kier molecular flexibility index (Phi) is 31.5. The maximum atomic E-state index is 6.46. The monoisotopic (exact) mass is 678 g/mol. The van der Waals surface area contributed by atoms with E-state index in [0.717, 1.165) is 64.6 Å². The van der Waals surface area contributed by atoms with E-state index in [4.69, 9.17) is 14.2 Å². The second-order valence-electron chi connectivity index (χ2n) is 10.8. The summed E-state index contributed by atoms with van der Waals surface area (Å²) in [5.74, 6) is 0. The molecule has 0 aromatic heterocycles. The molecule has 0 aromatic rings. The van der Waals surface area contributed by atoms with Crippen molar-refractivity contribution in [2.45, 2.75) is 178 Å². The molecule has 0 spiro atoms. The number of halogens is 2. The minimum Gasteiger partial charge on any atom is -0.353 e. The quantitative estimate of drug-likeness (QED) is 0.0327. The Morgan fingerprint density at radius 2 is 0.897 bits per heavy atom. The zero-order valence-corrected chi connectivity index (χ0v) is 29.3. The standard InChI is InChI=1S/C34H64Br2O3/c1-5-9-13-19-27-33(37-29-21-15-17-25-31(35)23-11-7-3)39-34(28-20-14-10-6-2)38-30-22-16-18-26-32(36)24-12-8-4/h9-10,13-14,31-34H,5-8,11-12,15-30H2,1-4H3. The lowest BCUT2D eigenvalue weighted by Gasteiger charge is -2.25. The molecule has 0 fully saturated rings. The van der Waals surface area contributed by atoms with Crippen LogP contribution in [-0.2, 0) is 14.2 Å². The summed E-state index contributed by atoms with van der Waals surface area (Å²) in [6.45, 7) is 10.4. The number of unbranched alkanes of at least 4 members (excludes halogenated alkanes) is 6. The van der Waals surface area contributed by atoms with Crippen LogP contribution in [-0.4, -0.2) is 35.4 Å². The Balaban J connectivity index is 4.61. The van der Waals surface area contributed by atoms with Crippen molar-refractivity contribution in [2.24, 2.45) is 0 Å². The van der Waals surface area contributed by atoms with Crippen molar-refractivity contribution in [3.05, 3.63) is 24.3 Å². The SMILES string of the molecule is CCC=CCCC(OCCCCCC(Br)CCCC)OC(CCC=CCC)OCCCCCC(Br)CCCC. The summed E-state index contributed by atoms with van der Waals surface area (Å²) >= 11 is 7.68. The number of rotatable bonds is 30. The van der Waals surface area contributed by atoms with Gasteiger partial charge in [-0.2, -0.15) is 0 Å². The summed E-state index contributed by atoms with van der Waals surface area (Å²) in [4.78, 5) is 1.34. The number of hydrogen-bond donors (Lipinski definition) is 0. The average Bonchev–Trinajstić information content (AvgIpc) is 2.94. The van der Waals surface area contributed by atoms with Crippen molar-refractivity contribution in [1.29, 1.82) is 0 Å². The number of ether oxygens (including phenoxy) is 3. The maximum absolute atomic E-state index is 6.46. The first-order valence-corrected chi connectivity index (χ1v) is 18.4. The fourth-order valence-corrected chi connectivity index (χ4v) is 5.74. The molecule has 39 heavy (non-hydrogen) atoms. The fraction of sp³-hybridized carbons (Fsp3) is 0.882. The number of allylic oxidation sites excluding steroid dienone is 4. The van der Waals surface area contributed by atoms with E-state index in [1.165, 1.54) is 77.0 Å². The molecule has 0 aliphatic heterocycles. The first kappa shape index (κ1) is 39.3. The Bertz CT molecular complexity index is 495. The van der Waals surface area contributed by atoms with Gasteiger partial charge in [-0.25, -0.2) is 0 Å². The molecule has 0 amide bonds. The Hall–Kier alpha value is 0.320. The zero-order valence-electron chi connectivity index (χ0n) is 26.2. The summed E-state index contributed by atoms with van der Waals surface area (Å²) in [5.41, 5.74) is 0. The van der Waals surface area contributed by atoms with Gasteiger partial charge in [-0.1, -0.05) is 135 Å². The summed E-state index contributed by atoms with van der Waals surface area (Å²) in [5, 5.41) is 0. The molecule has 5 heteroatoms. The first-order chi connectivity index (χ1) is 19.1. The third-order valence-corrected chi connectivity index (χ3v) is 8.75. The highest BCUT2D eigenvalue weighted by Crippen LogP contribution is 2.20. The highest BCUT2D eigenvalue weighted by atomic mass is 79.9. The van der Waals surface area contributed by atoms with E-state index >= 15 is 0 Å². The van der Waals surface area contributed by atoms with Crippen molar-refractivity contribution in [1.82, 2.24) is 0 Å². The molecule has 0 aromatic carbocycles. The van der Waals surface area contributed by atoms with Gasteiger partial charge in [0, 0.05) is 35.7 Å². The smallest absolute Gasteiger partial charge is 0.161 e. The van der Waals surface area contributed by atoms with E-state index in [-0.39, 0.29) is 12.6 Å². The molecule has 232 valence electrons. The fourth-order valence-electron chi connectivity index (χ4n) is 4.44. The molecule has 0 aliphatic rings. The molecular weight excluding hydrogens is 616 g/mol. The highest BCUT2D eigenvalue weighted by Gasteiger charge is 2.17. The lowest BCUT2D eigenvalue weighted by molar-refractivity contribution is -0.249. The molecule has 0 saturated carbocycles. The van der Waals surface area contributed by atoms with Crippen LogP contribution in [0.5, 0.6) is 0 Å². The minimum atomic E-state index is -0.201. The number of hydrogen-bond acceptors (Lipinski definition) is 3. The van der Waals surface area contributed by atoms with Crippen LogP contribution in [0.25, 0.3) is 0 Å². The molecule has 0 N–H and O–H groups in total. The van der Waals surface area contributed by atoms with Crippen LogP contribution in [0.4, 0.5) is 0 Å². The normalized spacial score (nSPS) is 15.3. The van der Waals surface area contributed by atoms with Gasteiger partial charge in [0.15, 0.2) is 12.6 Å². The predicted molar refractivity (Wildman–Crippen MR) is 179 cm³/mol. The molecule has 4 atom stereocenters. The van der Waals surface area contributed by atoms with Gasteiger partial charge < -0.3 is 14.2 Å². The van der Waals surface area contributed by atoms with Crippen LogP contribution >= 0.6 is 31.9 Å². The third-order valence-electron chi connectivity index (χ3n) is 6.92. The van der Waals surface area contributed by atoms with E-state index in [1.807, 2.05) is 0 Å². The average molecular weight is 681 g/mol. The Morgan fingerprint density at radius 1 is 0.487 bits per heavy atom. The topological polar surface area (TPSA) is 27.7 Å². The van der Waals surface area contributed by atoms with Gasteiger partial charge in [-0.3, -0.25) is 0 Å². The molecular formula is C34H64Br2O3. The van der Waals surface area contributed by atoms with Crippen molar-refractivity contribution >= 4 is 31.9 Å². The summed E-state index contributed by atoms with van der Waals surface area (Å²) < 4.78 is 19.0. The van der Waals surface area contributed by atoms with Gasteiger partial charge in [0.25, 0.3) is 0 Å². The van der Waals surface area contributed by atoms with Crippen molar-refractivity contribution in [2.75, 3.05) is 13.2 Å². The van der Waals surface area contributed by atoms with E-state index < -0.39 is 0 Å². The van der Waals surface area contributed by atoms with Gasteiger partial charge in [-0.15, -0.1) is 0 Å². The van der Waals surface area contributed by atoms with Crippen LogP contribution in [0.2, 0.25) is 0 Å². The lowest BCUT2D eigenvalue weighted by Crippen LogP contribution is -2.27. The Morgan fingerprint density at radius 3 is 1.28 bits per heavy atom. The second kappa shape index (κ2) is 31.3. The summed E-state index contributed by atoms with van der Waals surface area (Å²) in [7, 11) is 0. The second-order valence-corrected chi connectivity index (χ2v) is 13.4. The molecule has 0 heterocycles. The molecule has 0 radical (unpaired) electrons. The third kappa shape index (κ3) is 28.2. The highest BCUT2D eigenvalue weighted by molar-refractivity contribution is 9.09. The zero-order chi connectivity index (χ0) is 28.8. The van der Waals surface area contributed by atoms with E-state index in [0.29, 0.717) is 9.65 Å². The summed E-state index contributed by atoms with van der Waals surface area (Å²) in [6, 6.07) is 0. The molecule has 0 rings (SSSR count). The maximum Gasteiger partial charge on any atom is 0.161 e. The minimum absolute atomic E-state index is 0.201. The van der Waals surface area contributed by atoms with E-state index in [9.17, 15) is 0 Å². The predicted octanol–water partition coefficient (Wildman–Crippen LogP) is 12.2. The van der Waals surface area contributed by atoms with Gasteiger partial charge in [-0.05, 0) is 64.2 Å². The van der Waals surface area contributed by atoms with Crippen LogP contribution in [0.15, 0.2) is 24.3 Å².